The molecule has 0 atom stereocenters. The quantitative estimate of drug-likeness (QED) is 0.635. The normalized spacial score (nSPS) is 7.40. The van der Waals surface area contributed by atoms with Crippen molar-refractivity contribution in [2.24, 2.45) is 0 Å². The summed E-state index contributed by atoms with van der Waals surface area (Å²) in [5, 5.41) is 0. The van der Waals surface area contributed by atoms with Gasteiger partial charge >= 0.3 is 61.0 Å². The van der Waals surface area contributed by atoms with Gasteiger partial charge in [-0.3, -0.25) is 0 Å². The molecule has 0 fully saturated rings. The van der Waals surface area contributed by atoms with Gasteiger partial charge in [0.2, 0.25) is 0 Å². The van der Waals surface area contributed by atoms with Gasteiger partial charge in [-0.2, -0.15) is 0 Å². The molecular weight excluding hydrogens is 284 g/mol. The summed E-state index contributed by atoms with van der Waals surface area (Å²) in [7, 11) is 0. The molecule has 0 aromatic heterocycles. The van der Waals surface area contributed by atoms with Gasteiger partial charge in [0.1, 0.15) is 0 Å². The van der Waals surface area contributed by atoms with Crippen LogP contribution in [0, 0.1) is 5.82 Å². The average Bonchev–Trinajstić information content (AvgIpc) is 1.64. The summed E-state index contributed by atoms with van der Waals surface area (Å²) in [4.78, 5) is 0. The summed E-state index contributed by atoms with van der Waals surface area (Å²) in [6.07, 6.45) is 0. The third-order valence-electron chi connectivity index (χ3n) is 0.808. The van der Waals surface area contributed by atoms with E-state index in [1.807, 2.05) is 6.07 Å². The summed E-state index contributed by atoms with van der Waals surface area (Å²) in [5.74, 6) is -0.150. The van der Waals surface area contributed by atoms with Crippen molar-refractivity contribution in [3.8, 4) is 0 Å². The second kappa shape index (κ2) is 6.27. The van der Waals surface area contributed by atoms with Gasteiger partial charge in [-0.1, -0.05) is 0 Å². The maximum absolute atomic E-state index is 12.2. The van der Waals surface area contributed by atoms with Crippen LogP contribution in [0.3, 0.4) is 0 Å². The van der Waals surface area contributed by atoms with Crippen molar-refractivity contribution in [2.45, 2.75) is 0 Å². The van der Waals surface area contributed by atoms with Gasteiger partial charge in [0, 0.05) is 0 Å². The minimum atomic E-state index is -0.150. The third kappa shape index (κ3) is 4.38. The standard InChI is InChI=1S/C6H4F.2ClH.Sb/c7-6-4-2-1-3-5-6;;;/h1-2,4-5H;2*1H;. The van der Waals surface area contributed by atoms with Crippen LogP contribution in [0.1, 0.15) is 0 Å². The van der Waals surface area contributed by atoms with Crippen molar-refractivity contribution in [3.05, 3.63) is 30.1 Å². The van der Waals surface area contributed by atoms with E-state index in [2.05, 4.69) is 0 Å². The summed E-state index contributed by atoms with van der Waals surface area (Å²) < 4.78 is 13.2. The Hall–Kier alpha value is 0.548. The number of hydrogen-bond acceptors (Lipinski definition) is 0. The molecule has 0 amide bonds. The summed E-state index contributed by atoms with van der Waals surface area (Å²) >= 11 is 1.53. The zero-order valence-electron chi connectivity index (χ0n) is 4.95. The third-order valence-corrected chi connectivity index (χ3v) is 1.60. The van der Waals surface area contributed by atoms with Crippen LogP contribution in [0.5, 0.6) is 0 Å². The van der Waals surface area contributed by atoms with Crippen LogP contribution < -0.4 is 3.51 Å². The first-order chi connectivity index (χ1) is 3.79. The summed E-state index contributed by atoms with van der Waals surface area (Å²) in [6, 6.07) is 6.57. The Kier molecular flexibility index (Phi) is 8.25. The fourth-order valence-electron chi connectivity index (χ4n) is 0.476. The van der Waals surface area contributed by atoms with Gasteiger partial charge in [-0.05, 0) is 0 Å². The van der Waals surface area contributed by atoms with E-state index in [1.54, 1.807) is 6.07 Å². The second-order valence-corrected chi connectivity index (χ2v) is 2.95. The van der Waals surface area contributed by atoms with Gasteiger partial charge in [0.05, 0.1) is 0 Å². The molecular formula is C6H6Cl2FSb. The van der Waals surface area contributed by atoms with Crippen molar-refractivity contribution in [1.29, 1.82) is 0 Å². The van der Waals surface area contributed by atoms with E-state index in [0.29, 0.717) is 0 Å². The van der Waals surface area contributed by atoms with Crippen LogP contribution >= 0.6 is 24.8 Å². The predicted octanol–water partition coefficient (Wildman–Crippen LogP) is 1.46. The molecule has 0 nitrogen and oxygen atoms in total. The molecule has 0 aliphatic heterocycles. The zero-order chi connectivity index (χ0) is 5.98. The molecule has 0 heterocycles. The van der Waals surface area contributed by atoms with Crippen LogP contribution in [0.25, 0.3) is 0 Å². The van der Waals surface area contributed by atoms with Gasteiger partial charge in [0.25, 0.3) is 0 Å². The Morgan fingerprint density at radius 1 is 1.20 bits per heavy atom. The average molecular weight is 290 g/mol. The van der Waals surface area contributed by atoms with Crippen LogP contribution in [0.15, 0.2) is 24.3 Å². The SMILES string of the molecule is Cl.Cl.Fc1ccc[c]([Sb])c1. The van der Waals surface area contributed by atoms with Gasteiger partial charge in [-0.15, -0.1) is 24.8 Å². The topological polar surface area (TPSA) is 0 Å². The van der Waals surface area contributed by atoms with E-state index in [1.165, 1.54) is 35.2 Å². The number of rotatable bonds is 0. The van der Waals surface area contributed by atoms with Crippen molar-refractivity contribution < 1.29 is 4.39 Å². The first-order valence-electron chi connectivity index (χ1n) is 2.23. The van der Waals surface area contributed by atoms with Gasteiger partial charge < -0.3 is 0 Å². The molecule has 10 heavy (non-hydrogen) atoms. The Balaban J connectivity index is 0. The molecule has 0 bridgehead atoms. The van der Waals surface area contributed by atoms with Gasteiger partial charge in [0.15, 0.2) is 0 Å². The molecule has 0 N–H and O–H groups in total. The molecule has 1 rings (SSSR count). The van der Waals surface area contributed by atoms with Crippen molar-refractivity contribution in [3.63, 3.8) is 0 Å². The molecule has 1 aromatic rings. The van der Waals surface area contributed by atoms with E-state index >= 15 is 0 Å². The van der Waals surface area contributed by atoms with Crippen LogP contribution in [-0.2, 0) is 0 Å². The Morgan fingerprint density at radius 3 is 2.10 bits per heavy atom. The maximum atomic E-state index is 12.2. The van der Waals surface area contributed by atoms with Crippen LogP contribution in [0.4, 0.5) is 4.39 Å². The molecule has 0 spiro atoms. The first-order valence-corrected chi connectivity index (χ1v) is 3.51. The van der Waals surface area contributed by atoms with Gasteiger partial charge in [-0.25, -0.2) is 0 Å². The van der Waals surface area contributed by atoms with E-state index in [-0.39, 0.29) is 30.6 Å². The summed E-state index contributed by atoms with van der Waals surface area (Å²) in [6.45, 7) is 0. The molecule has 4 heteroatoms. The Bertz CT molecular complexity index is 176. The van der Waals surface area contributed by atoms with E-state index in [9.17, 15) is 4.39 Å². The second-order valence-electron chi connectivity index (χ2n) is 1.48. The molecule has 56 valence electrons. The number of benzene rings is 1. The fraction of sp³-hybridized carbons (Fsp3) is 0. The fourth-order valence-corrected chi connectivity index (χ4v) is 1.07. The molecule has 0 saturated heterocycles. The molecule has 0 aliphatic carbocycles. The number of hydrogen-bond donors (Lipinski definition) is 0. The molecule has 0 unspecified atom stereocenters. The molecule has 0 aliphatic rings. The van der Waals surface area contributed by atoms with Crippen LogP contribution in [0.2, 0.25) is 0 Å². The zero-order valence-corrected chi connectivity index (χ0v) is 9.14. The first kappa shape index (κ1) is 13.2. The Labute approximate surface area is 85.5 Å². The monoisotopic (exact) mass is 288 g/mol. The molecule has 2 radical (unpaired) electrons. The van der Waals surface area contributed by atoms with Crippen molar-refractivity contribution in [2.75, 3.05) is 0 Å². The van der Waals surface area contributed by atoms with Crippen LogP contribution in [-0.4, -0.2) is 23.0 Å². The summed E-state index contributed by atoms with van der Waals surface area (Å²) in [5.41, 5.74) is 0. The van der Waals surface area contributed by atoms with E-state index < -0.39 is 0 Å². The predicted molar refractivity (Wildman–Crippen MR) is 46.3 cm³/mol. The number of halogens is 3. The molecule has 1 aromatic carbocycles. The van der Waals surface area contributed by atoms with E-state index in [0.717, 1.165) is 3.51 Å². The minimum absolute atomic E-state index is 0. The van der Waals surface area contributed by atoms with E-state index in [4.69, 9.17) is 0 Å². The molecule has 0 saturated carbocycles. The van der Waals surface area contributed by atoms with Crippen molar-refractivity contribution in [1.82, 2.24) is 0 Å². The van der Waals surface area contributed by atoms with Crippen molar-refractivity contribution >= 4 is 51.3 Å². The Morgan fingerprint density at radius 2 is 1.80 bits per heavy atom.